The van der Waals surface area contributed by atoms with Crippen LogP contribution in [0.1, 0.15) is 46.8 Å². The van der Waals surface area contributed by atoms with Gasteiger partial charge in [0.15, 0.2) is 0 Å². The Labute approximate surface area is 145 Å². The predicted molar refractivity (Wildman–Crippen MR) is 92.2 cm³/mol. The van der Waals surface area contributed by atoms with E-state index in [4.69, 9.17) is 4.74 Å². The molecule has 2 atom stereocenters. The van der Waals surface area contributed by atoms with E-state index < -0.39 is 6.10 Å². The molecule has 2 aromatic rings. The Morgan fingerprint density at radius 1 is 1.38 bits per heavy atom. The monoisotopic (exact) mass is 346 g/mol. The molecule has 24 heavy (non-hydrogen) atoms. The van der Waals surface area contributed by atoms with Gasteiger partial charge in [-0.1, -0.05) is 6.07 Å². The highest BCUT2D eigenvalue weighted by Gasteiger charge is 2.33. The lowest BCUT2D eigenvalue weighted by Gasteiger charge is -2.36. The number of rotatable bonds is 5. The van der Waals surface area contributed by atoms with Gasteiger partial charge in [-0.15, -0.1) is 11.3 Å². The van der Waals surface area contributed by atoms with Gasteiger partial charge in [0, 0.05) is 30.1 Å². The second kappa shape index (κ2) is 6.70. The average molecular weight is 346 g/mol. The van der Waals surface area contributed by atoms with Gasteiger partial charge in [-0.25, -0.2) is 0 Å². The van der Waals surface area contributed by atoms with Gasteiger partial charge in [-0.2, -0.15) is 0 Å². The van der Waals surface area contributed by atoms with E-state index in [9.17, 15) is 9.90 Å². The number of thiophene rings is 1. The lowest BCUT2D eigenvalue weighted by atomic mass is 10.1. The number of carbonyl (C=O) groups is 1. The molecule has 1 amide bonds. The Morgan fingerprint density at radius 2 is 2.25 bits per heavy atom. The molecule has 6 heteroatoms. The fourth-order valence-corrected chi connectivity index (χ4v) is 4.09. The Balaban J connectivity index is 1.51. The quantitative estimate of drug-likeness (QED) is 0.906. The number of ether oxygens (including phenoxy) is 1. The summed E-state index contributed by atoms with van der Waals surface area (Å²) in [6.07, 6.45) is 4.26. The zero-order valence-electron chi connectivity index (χ0n) is 13.5. The summed E-state index contributed by atoms with van der Waals surface area (Å²) in [5, 5.41) is 12.4. The first-order chi connectivity index (χ1) is 11.7. The van der Waals surface area contributed by atoms with Crippen molar-refractivity contribution in [3.8, 4) is 0 Å². The van der Waals surface area contributed by atoms with Crippen molar-refractivity contribution >= 4 is 17.2 Å². The van der Waals surface area contributed by atoms with Gasteiger partial charge < -0.3 is 19.3 Å². The largest absolute Gasteiger partial charge is 0.387 e. The number of morpholine rings is 1. The van der Waals surface area contributed by atoms with E-state index in [1.165, 1.54) is 0 Å². The first-order valence-electron chi connectivity index (χ1n) is 8.51. The number of hydrogen-bond donors (Lipinski definition) is 1. The fraction of sp³-hybridized carbons (Fsp3) is 0.500. The van der Waals surface area contributed by atoms with Gasteiger partial charge in [-0.3, -0.25) is 4.79 Å². The molecule has 2 aliphatic rings. The number of aliphatic hydroxyl groups excluding tert-OH is 1. The number of nitrogens with zero attached hydrogens (tertiary/aromatic N) is 2. The third-order valence-electron chi connectivity index (χ3n) is 4.79. The van der Waals surface area contributed by atoms with Crippen molar-refractivity contribution < 1.29 is 14.6 Å². The molecule has 3 heterocycles. The van der Waals surface area contributed by atoms with E-state index in [-0.39, 0.29) is 11.9 Å². The normalized spacial score (nSPS) is 22.5. The van der Waals surface area contributed by atoms with Crippen molar-refractivity contribution in [2.24, 2.45) is 0 Å². The number of hydrogen-bond acceptors (Lipinski definition) is 4. The summed E-state index contributed by atoms with van der Waals surface area (Å²) in [7, 11) is 0. The average Bonchev–Trinajstić information content (AvgIpc) is 3.11. The van der Waals surface area contributed by atoms with E-state index in [0.717, 1.165) is 23.4 Å². The zero-order valence-corrected chi connectivity index (χ0v) is 14.3. The highest BCUT2D eigenvalue weighted by Crippen LogP contribution is 2.36. The van der Waals surface area contributed by atoms with Crippen LogP contribution in [-0.2, 0) is 4.74 Å². The molecule has 2 aromatic heterocycles. The number of aromatic nitrogens is 1. The van der Waals surface area contributed by atoms with Crippen molar-refractivity contribution in [2.45, 2.75) is 37.5 Å². The van der Waals surface area contributed by atoms with Crippen LogP contribution in [0.2, 0.25) is 0 Å². The minimum absolute atomic E-state index is 0.0542. The molecule has 1 saturated heterocycles. The maximum absolute atomic E-state index is 13.1. The topological polar surface area (TPSA) is 54.7 Å². The van der Waals surface area contributed by atoms with Gasteiger partial charge in [0.25, 0.3) is 5.91 Å². The van der Waals surface area contributed by atoms with E-state index in [2.05, 4.69) is 4.57 Å². The molecule has 0 spiro atoms. The van der Waals surface area contributed by atoms with E-state index in [1.54, 1.807) is 11.3 Å². The van der Waals surface area contributed by atoms with Crippen LogP contribution in [0.3, 0.4) is 0 Å². The first-order valence-corrected chi connectivity index (χ1v) is 9.39. The van der Waals surface area contributed by atoms with Gasteiger partial charge in [-0.05, 0) is 36.4 Å². The van der Waals surface area contributed by atoms with Crippen LogP contribution in [0.5, 0.6) is 0 Å². The summed E-state index contributed by atoms with van der Waals surface area (Å²) < 4.78 is 7.68. The molecule has 1 saturated carbocycles. The highest BCUT2D eigenvalue weighted by molar-refractivity contribution is 7.10. The molecular weight excluding hydrogens is 324 g/mol. The van der Waals surface area contributed by atoms with Crippen LogP contribution < -0.4 is 0 Å². The number of amides is 1. The Kier molecular flexibility index (Phi) is 4.43. The third kappa shape index (κ3) is 3.14. The lowest BCUT2D eigenvalue weighted by Crippen LogP contribution is -2.49. The van der Waals surface area contributed by atoms with Crippen molar-refractivity contribution in [1.82, 2.24) is 9.47 Å². The zero-order chi connectivity index (χ0) is 16.5. The van der Waals surface area contributed by atoms with E-state index >= 15 is 0 Å². The molecule has 1 aliphatic heterocycles. The van der Waals surface area contributed by atoms with Gasteiger partial charge in [0.1, 0.15) is 5.69 Å². The molecule has 1 N–H and O–H groups in total. The molecule has 1 aliphatic carbocycles. The third-order valence-corrected chi connectivity index (χ3v) is 5.77. The maximum atomic E-state index is 13.1. The second-order valence-electron chi connectivity index (χ2n) is 6.53. The summed E-state index contributed by atoms with van der Waals surface area (Å²) in [4.78, 5) is 15.9. The molecule has 0 aromatic carbocycles. The Bertz CT molecular complexity index is 693. The van der Waals surface area contributed by atoms with Crippen LogP contribution in [0.15, 0.2) is 35.8 Å². The lowest BCUT2D eigenvalue weighted by molar-refractivity contribution is -0.0175. The minimum atomic E-state index is -0.554. The molecule has 128 valence electrons. The predicted octanol–water partition coefficient (Wildman–Crippen LogP) is 2.85. The minimum Gasteiger partial charge on any atom is -0.387 e. The number of aliphatic hydroxyl groups is 1. The van der Waals surface area contributed by atoms with Crippen LogP contribution in [0, 0.1) is 0 Å². The molecule has 4 rings (SSSR count). The highest BCUT2D eigenvalue weighted by atomic mass is 32.1. The van der Waals surface area contributed by atoms with Crippen molar-refractivity contribution in [3.63, 3.8) is 0 Å². The van der Waals surface area contributed by atoms with Crippen LogP contribution in [0.25, 0.3) is 0 Å². The summed E-state index contributed by atoms with van der Waals surface area (Å²) in [5.74, 6) is 0.0542. The maximum Gasteiger partial charge on any atom is 0.270 e. The van der Waals surface area contributed by atoms with Crippen LogP contribution in [0.4, 0.5) is 0 Å². The van der Waals surface area contributed by atoms with Crippen molar-refractivity contribution in [1.29, 1.82) is 0 Å². The summed E-state index contributed by atoms with van der Waals surface area (Å²) in [6, 6.07) is 8.11. The SMILES string of the molecule is O=C(c1cccn1C1CC1)N1CCOCC1CC(O)c1cccs1. The smallest absolute Gasteiger partial charge is 0.270 e. The first kappa shape index (κ1) is 15.9. The van der Waals surface area contributed by atoms with Gasteiger partial charge in [0.2, 0.25) is 0 Å². The molecule has 2 fully saturated rings. The molecule has 0 bridgehead atoms. The van der Waals surface area contributed by atoms with Crippen LogP contribution in [-0.4, -0.2) is 46.3 Å². The van der Waals surface area contributed by atoms with E-state index in [1.807, 2.05) is 40.7 Å². The van der Waals surface area contributed by atoms with Crippen LogP contribution >= 0.6 is 11.3 Å². The summed E-state index contributed by atoms with van der Waals surface area (Å²) >= 11 is 1.54. The van der Waals surface area contributed by atoms with Crippen molar-refractivity contribution in [2.75, 3.05) is 19.8 Å². The van der Waals surface area contributed by atoms with Crippen molar-refractivity contribution in [3.05, 3.63) is 46.4 Å². The molecular formula is C18H22N2O3S. The van der Waals surface area contributed by atoms with Gasteiger partial charge in [0.05, 0.1) is 25.4 Å². The van der Waals surface area contributed by atoms with Gasteiger partial charge >= 0.3 is 0 Å². The summed E-state index contributed by atoms with van der Waals surface area (Å²) in [6.45, 7) is 1.62. The molecule has 5 nitrogen and oxygen atoms in total. The van der Waals surface area contributed by atoms with E-state index in [0.29, 0.717) is 32.2 Å². The second-order valence-corrected chi connectivity index (χ2v) is 7.51. The number of carbonyl (C=O) groups excluding carboxylic acids is 1. The Morgan fingerprint density at radius 3 is 3.00 bits per heavy atom. The standard InChI is InChI=1S/C18H22N2O3S/c21-16(17-4-2-10-24-17)11-14-12-23-9-8-20(14)18(22)15-3-1-7-19(15)13-5-6-13/h1-4,7,10,13-14,16,21H,5-6,8-9,11-12H2. The summed E-state index contributed by atoms with van der Waals surface area (Å²) in [5.41, 5.74) is 0.759. The fourth-order valence-electron chi connectivity index (χ4n) is 3.37. The molecule has 2 unspecified atom stereocenters. The molecule has 0 radical (unpaired) electrons. The Hall–Kier alpha value is -1.63.